The average Bonchev–Trinajstić information content (AvgIpc) is 3.42. The van der Waals surface area contributed by atoms with E-state index < -0.39 is 0 Å². The standard InChI is InChI=1S/C24H34N4O2/c1-19-18-23(24(29)25-20-8-3-2-4-9-20)28(26-19)21-10-12-22(13-11-21)30-17-7-16-27-14-5-6-15-27/h10-13,18,20H,2-9,14-17H2,1H3,(H,25,29). The van der Waals surface area contributed by atoms with Crippen LogP contribution in [0.2, 0.25) is 0 Å². The number of nitrogens with one attached hydrogen (secondary N) is 1. The van der Waals surface area contributed by atoms with Gasteiger partial charge in [-0.2, -0.15) is 5.10 Å². The van der Waals surface area contributed by atoms with Gasteiger partial charge in [-0.1, -0.05) is 19.3 Å². The summed E-state index contributed by atoms with van der Waals surface area (Å²) in [6, 6.07) is 10.0. The molecule has 0 atom stereocenters. The maximum atomic E-state index is 12.9. The molecule has 0 spiro atoms. The average molecular weight is 411 g/mol. The summed E-state index contributed by atoms with van der Waals surface area (Å²) in [7, 11) is 0. The number of nitrogens with zero attached hydrogens (tertiary/aromatic N) is 3. The number of aryl methyl sites for hydroxylation is 1. The van der Waals surface area contributed by atoms with E-state index in [-0.39, 0.29) is 11.9 Å². The highest BCUT2D eigenvalue weighted by atomic mass is 16.5. The first-order valence-corrected chi connectivity index (χ1v) is 11.5. The van der Waals surface area contributed by atoms with E-state index in [1.54, 1.807) is 4.68 Å². The molecule has 2 aliphatic rings. The number of aromatic nitrogens is 2. The Morgan fingerprint density at radius 2 is 1.83 bits per heavy atom. The van der Waals surface area contributed by atoms with Gasteiger partial charge in [0.2, 0.25) is 0 Å². The van der Waals surface area contributed by atoms with E-state index in [0.717, 1.165) is 49.5 Å². The number of rotatable bonds is 8. The predicted octanol–water partition coefficient (Wildman–Crippen LogP) is 4.11. The van der Waals surface area contributed by atoms with Crippen molar-refractivity contribution in [1.82, 2.24) is 20.0 Å². The van der Waals surface area contributed by atoms with Crippen molar-refractivity contribution in [3.63, 3.8) is 0 Å². The number of hydrogen-bond donors (Lipinski definition) is 1. The fraction of sp³-hybridized carbons (Fsp3) is 0.583. The van der Waals surface area contributed by atoms with Gasteiger partial charge in [-0.15, -0.1) is 0 Å². The molecule has 0 radical (unpaired) electrons. The summed E-state index contributed by atoms with van der Waals surface area (Å²) < 4.78 is 7.65. The number of likely N-dealkylation sites (tertiary alicyclic amines) is 1. The quantitative estimate of drug-likeness (QED) is 0.666. The molecule has 0 bridgehead atoms. The first kappa shape index (κ1) is 20.9. The SMILES string of the molecule is Cc1cc(C(=O)NC2CCCCC2)n(-c2ccc(OCCCN3CCCC3)cc2)n1. The molecule has 2 heterocycles. The number of benzene rings is 1. The van der Waals surface area contributed by atoms with Crippen LogP contribution < -0.4 is 10.1 Å². The fourth-order valence-electron chi connectivity index (χ4n) is 4.53. The Labute approximate surface area is 179 Å². The summed E-state index contributed by atoms with van der Waals surface area (Å²) >= 11 is 0. The van der Waals surface area contributed by atoms with Crippen LogP contribution in [-0.4, -0.2) is 52.9 Å². The molecule has 6 nitrogen and oxygen atoms in total. The van der Waals surface area contributed by atoms with Crippen LogP contribution in [0.1, 0.15) is 67.5 Å². The molecule has 162 valence electrons. The highest BCUT2D eigenvalue weighted by Crippen LogP contribution is 2.20. The molecule has 1 N–H and O–H groups in total. The Balaban J connectivity index is 1.34. The Hall–Kier alpha value is -2.34. The van der Waals surface area contributed by atoms with Gasteiger partial charge >= 0.3 is 0 Å². The van der Waals surface area contributed by atoms with E-state index in [4.69, 9.17) is 4.74 Å². The normalized spacial score (nSPS) is 17.9. The van der Waals surface area contributed by atoms with Crippen molar-refractivity contribution >= 4 is 5.91 Å². The number of ether oxygens (including phenoxy) is 1. The summed E-state index contributed by atoms with van der Waals surface area (Å²) in [5, 5.41) is 7.75. The minimum Gasteiger partial charge on any atom is -0.494 e. The third-order valence-corrected chi connectivity index (χ3v) is 6.17. The molecule has 6 heteroatoms. The minimum absolute atomic E-state index is 0.0373. The van der Waals surface area contributed by atoms with Crippen molar-refractivity contribution in [2.75, 3.05) is 26.2 Å². The smallest absolute Gasteiger partial charge is 0.270 e. The van der Waals surface area contributed by atoms with E-state index in [1.807, 2.05) is 37.3 Å². The van der Waals surface area contributed by atoms with Crippen LogP contribution in [0.4, 0.5) is 0 Å². The largest absolute Gasteiger partial charge is 0.494 e. The second kappa shape index (κ2) is 10.1. The van der Waals surface area contributed by atoms with Crippen molar-refractivity contribution in [3.8, 4) is 11.4 Å². The lowest BCUT2D eigenvalue weighted by Crippen LogP contribution is -2.37. The summed E-state index contributed by atoms with van der Waals surface area (Å²) in [6.07, 6.45) is 9.52. The maximum Gasteiger partial charge on any atom is 0.270 e. The van der Waals surface area contributed by atoms with Gasteiger partial charge in [0.05, 0.1) is 18.0 Å². The van der Waals surface area contributed by atoms with Crippen molar-refractivity contribution < 1.29 is 9.53 Å². The molecule has 30 heavy (non-hydrogen) atoms. The third-order valence-electron chi connectivity index (χ3n) is 6.17. The highest BCUT2D eigenvalue weighted by Gasteiger charge is 2.20. The maximum absolute atomic E-state index is 12.9. The lowest BCUT2D eigenvalue weighted by Gasteiger charge is -2.22. The minimum atomic E-state index is -0.0373. The van der Waals surface area contributed by atoms with E-state index in [9.17, 15) is 4.79 Å². The first-order valence-electron chi connectivity index (χ1n) is 11.5. The van der Waals surface area contributed by atoms with Crippen LogP contribution in [0.25, 0.3) is 5.69 Å². The van der Waals surface area contributed by atoms with Gasteiger partial charge in [0.25, 0.3) is 5.91 Å². The lowest BCUT2D eigenvalue weighted by atomic mass is 9.95. The molecule has 2 fully saturated rings. The second-order valence-electron chi connectivity index (χ2n) is 8.64. The van der Waals surface area contributed by atoms with E-state index in [2.05, 4.69) is 15.3 Å². The molecule has 4 rings (SSSR count). The van der Waals surface area contributed by atoms with E-state index in [0.29, 0.717) is 5.69 Å². The van der Waals surface area contributed by atoms with Gasteiger partial charge in [-0.05, 0) is 82.4 Å². The molecule has 1 saturated carbocycles. The Morgan fingerprint density at radius 1 is 1.10 bits per heavy atom. The van der Waals surface area contributed by atoms with Crippen LogP contribution >= 0.6 is 0 Å². The molecular weight excluding hydrogens is 376 g/mol. The van der Waals surface area contributed by atoms with Crippen LogP contribution in [0.15, 0.2) is 30.3 Å². The zero-order valence-corrected chi connectivity index (χ0v) is 18.1. The monoisotopic (exact) mass is 410 g/mol. The number of hydrogen-bond acceptors (Lipinski definition) is 4. The fourth-order valence-corrected chi connectivity index (χ4v) is 4.53. The summed E-state index contributed by atoms with van der Waals surface area (Å²) in [5.74, 6) is 0.821. The predicted molar refractivity (Wildman–Crippen MR) is 118 cm³/mol. The van der Waals surface area contributed by atoms with Crippen molar-refractivity contribution in [2.24, 2.45) is 0 Å². The van der Waals surface area contributed by atoms with Crippen molar-refractivity contribution in [1.29, 1.82) is 0 Å². The molecule has 1 aliphatic heterocycles. The molecule has 1 aliphatic carbocycles. The van der Waals surface area contributed by atoms with Crippen LogP contribution in [-0.2, 0) is 0 Å². The van der Waals surface area contributed by atoms with E-state index >= 15 is 0 Å². The van der Waals surface area contributed by atoms with Crippen molar-refractivity contribution in [3.05, 3.63) is 41.7 Å². The van der Waals surface area contributed by atoms with E-state index in [1.165, 1.54) is 45.2 Å². The zero-order chi connectivity index (χ0) is 20.8. The molecule has 1 aromatic heterocycles. The highest BCUT2D eigenvalue weighted by molar-refractivity contribution is 5.93. The second-order valence-corrected chi connectivity index (χ2v) is 8.64. The van der Waals surface area contributed by atoms with Crippen LogP contribution in [0, 0.1) is 6.92 Å². The van der Waals surface area contributed by atoms with Crippen LogP contribution in [0.5, 0.6) is 5.75 Å². The number of amides is 1. The molecular formula is C24H34N4O2. The third kappa shape index (κ3) is 5.42. The molecule has 1 saturated heterocycles. The van der Waals surface area contributed by atoms with Gasteiger partial charge in [0.15, 0.2) is 0 Å². The van der Waals surface area contributed by atoms with Gasteiger partial charge in [-0.25, -0.2) is 4.68 Å². The zero-order valence-electron chi connectivity index (χ0n) is 18.1. The number of carbonyl (C=O) groups excluding carboxylic acids is 1. The first-order chi connectivity index (χ1) is 14.7. The number of carbonyl (C=O) groups is 1. The van der Waals surface area contributed by atoms with Gasteiger partial charge in [0, 0.05) is 12.6 Å². The Morgan fingerprint density at radius 3 is 2.57 bits per heavy atom. The molecule has 0 unspecified atom stereocenters. The van der Waals surface area contributed by atoms with Gasteiger partial charge in [-0.3, -0.25) is 4.79 Å². The molecule has 2 aromatic rings. The lowest BCUT2D eigenvalue weighted by molar-refractivity contribution is 0.0920. The summed E-state index contributed by atoms with van der Waals surface area (Å²) in [5.41, 5.74) is 2.31. The topological polar surface area (TPSA) is 59.4 Å². The summed E-state index contributed by atoms with van der Waals surface area (Å²) in [4.78, 5) is 15.4. The van der Waals surface area contributed by atoms with Gasteiger partial charge < -0.3 is 15.0 Å². The Bertz CT molecular complexity index is 818. The summed E-state index contributed by atoms with van der Waals surface area (Å²) in [6.45, 7) is 6.23. The van der Waals surface area contributed by atoms with Crippen molar-refractivity contribution in [2.45, 2.75) is 64.3 Å². The van der Waals surface area contributed by atoms with Crippen LogP contribution in [0.3, 0.4) is 0 Å². The molecule has 1 amide bonds. The van der Waals surface area contributed by atoms with Gasteiger partial charge in [0.1, 0.15) is 11.4 Å². The molecule has 1 aromatic carbocycles. The Kier molecular flexibility index (Phi) is 7.05.